The first-order chi connectivity index (χ1) is 13.2. The lowest BCUT2D eigenvalue weighted by Crippen LogP contribution is -2.30. The molecular weight excluding hydrogens is 371 g/mol. The smallest absolute Gasteiger partial charge is 0.118 e. The molecule has 29 heavy (non-hydrogen) atoms. The van der Waals surface area contributed by atoms with Gasteiger partial charge < -0.3 is 4.74 Å². The van der Waals surface area contributed by atoms with Crippen molar-refractivity contribution in [2.75, 3.05) is 7.11 Å². The lowest BCUT2D eigenvalue weighted by atomic mass is 9.75. The Bertz CT molecular complexity index is 870. The van der Waals surface area contributed by atoms with Gasteiger partial charge in [0.25, 0.3) is 0 Å². The standard InChI is InChI=1S/C27H37OP/c1-25(2,3)20-17-22(26(4,5)6)24(23(18-20)27(7,8)9)29-16-15-19-11-13-21(28-10)14-12-19/h11-14,17-18,29H,1-10H3. The summed E-state index contributed by atoms with van der Waals surface area (Å²) >= 11 is 0. The fourth-order valence-corrected chi connectivity index (χ4v) is 4.73. The van der Waals surface area contributed by atoms with Gasteiger partial charge in [0.15, 0.2) is 0 Å². The SMILES string of the molecule is COc1ccc(C#CPc2c(C(C)(C)C)cc(C(C)(C)C)cc2C(C)(C)C)cc1. The van der Waals surface area contributed by atoms with E-state index in [0.717, 1.165) is 11.3 Å². The molecule has 1 unspecified atom stereocenters. The van der Waals surface area contributed by atoms with E-state index < -0.39 is 0 Å². The second kappa shape index (κ2) is 8.53. The molecule has 0 radical (unpaired) electrons. The normalized spacial score (nSPS) is 12.8. The van der Waals surface area contributed by atoms with Gasteiger partial charge in [-0.05, 0) is 71.1 Å². The molecule has 0 aliphatic heterocycles. The van der Waals surface area contributed by atoms with Crippen LogP contribution >= 0.6 is 8.58 Å². The van der Waals surface area contributed by atoms with Crippen LogP contribution in [-0.4, -0.2) is 7.11 Å². The van der Waals surface area contributed by atoms with E-state index >= 15 is 0 Å². The average molecular weight is 409 g/mol. The van der Waals surface area contributed by atoms with Gasteiger partial charge in [-0.15, -0.1) is 0 Å². The Kier molecular flexibility index (Phi) is 6.92. The lowest BCUT2D eigenvalue weighted by molar-refractivity contribution is 0.415. The molecule has 0 aliphatic rings. The molecule has 2 rings (SSSR count). The van der Waals surface area contributed by atoms with Crippen molar-refractivity contribution < 1.29 is 4.74 Å². The summed E-state index contributed by atoms with van der Waals surface area (Å²) in [6.07, 6.45) is 0. The molecular formula is C27H37OP. The van der Waals surface area contributed by atoms with Crippen LogP contribution in [0.3, 0.4) is 0 Å². The second-order valence-corrected chi connectivity index (χ2v) is 11.8. The van der Waals surface area contributed by atoms with Gasteiger partial charge in [0.2, 0.25) is 0 Å². The van der Waals surface area contributed by atoms with Crippen LogP contribution in [0.25, 0.3) is 0 Å². The van der Waals surface area contributed by atoms with Gasteiger partial charge in [-0.25, -0.2) is 0 Å². The van der Waals surface area contributed by atoms with Gasteiger partial charge in [-0.3, -0.25) is 0 Å². The molecule has 2 aromatic rings. The first kappa shape index (κ1) is 23.5. The molecule has 0 fully saturated rings. The molecule has 0 heterocycles. The van der Waals surface area contributed by atoms with E-state index in [0.29, 0.717) is 8.58 Å². The molecule has 0 aliphatic carbocycles. The first-order valence-corrected chi connectivity index (χ1v) is 11.3. The van der Waals surface area contributed by atoms with Crippen LogP contribution < -0.4 is 10.0 Å². The third kappa shape index (κ3) is 6.10. The van der Waals surface area contributed by atoms with E-state index in [4.69, 9.17) is 4.74 Å². The molecule has 1 nitrogen and oxygen atoms in total. The van der Waals surface area contributed by atoms with Crippen molar-refractivity contribution in [1.29, 1.82) is 0 Å². The number of hydrogen-bond acceptors (Lipinski definition) is 1. The van der Waals surface area contributed by atoms with Crippen LogP contribution in [0.4, 0.5) is 0 Å². The zero-order chi connectivity index (χ0) is 22.0. The summed E-state index contributed by atoms with van der Waals surface area (Å²) in [6, 6.07) is 12.8. The first-order valence-electron chi connectivity index (χ1n) is 10.3. The number of methoxy groups -OCH3 is 1. The van der Waals surface area contributed by atoms with Crippen molar-refractivity contribution in [3.05, 3.63) is 58.7 Å². The molecule has 0 bridgehead atoms. The minimum absolute atomic E-state index is 0.0748. The lowest BCUT2D eigenvalue weighted by Gasteiger charge is -2.33. The fourth-order valence-electron chi connectivity index (χ4n) is 3.23. The van der Waals surface area contributed by atoms with E-state index in [-0.39, 0.29) is 16.2 Å². The van der Waals surface area contributed by atoms with Crippen molar-refractivity contribution in [2.24, 2.45) is 0 Å². The largest absolute Gasteiger partial charge is 0.497 e. The number of hydrogen-bond donors (Lipinski definition) is 0. The highest BCUT2D eigenvalue weighted by molar-refractivity contribution is 7.52. The third-order valence-corrected chi connectivity index (χ3v) is 6.14. The Balaban J connectivity index is 2.58. The van der Waals surface area contributed by atoms with E-state index in [2.05, 4.69) is 86.0 Å². The molecule has 0 saturated carbocycles. The maximum atomic E-state index is 5.24. The van der Waals surface area contributed by atoms with Crippen molar-refractivity contribution in [3.63, 3.8) is 0 Å². The zero-order valence-electron chi connectivity index (χ0n) is 19.9. The summed E-state index contributed by atoms with van der Waals surface area (Å²) in [6.45, 7) is 20.8. The van der Waals surface area contributed by atoms with Gasteiger partial charge in [-0.2, -0.15) is 0 Å². The number of rotatable bonds is 2. The zero-order valence-corrected chi connectivity index (χ0v) is 20.9. The van der Waals surface area contributed by atoms with Crippen molar-refractivity contribution >= 4 is 13.9 Å². The van der Waals surface area contributed by atoms with Gasteiger partial charge in [-0.1, -0.05) is 86.0 Å². The van der Waals surface area contributed by atoms with Gasteiger partial charge in [0, 0.05) is 5.56 Å². The molecule has 0 amide bonds. The highest BCUT2D eigenvalue weighted by Gasteiger charge is 2.28. The highest BCUT2D eigenvalue weighted by Crippen LogP contribution is 2.36. The fraction of sp³-hybridized carbons (Fsp3) is 0.481. The van der Waals surface area contributed by atoms with Crippen LogP contribution in [-0.2, 0) is 16.2 Å². The van der Waals surface area contributed by atoms with Crippen molar-refractivity contribution in [1.82, 2.24) is 0 Å². The van der Waals surface area contributed by atoms with Crippen molar-refractivity contribution in [3.8, 4) is 17.3 Å². The number of ether oxygens (including phenoxy) is 1. The maximum absolute atomic E-state index is 5.24. The summed E-state index contributed by atoms with van der Waals surface area (Å²) in [5.41, 5.74) is 9.04. The monoisotopic (exact) mass is 408 g/mol. The predicted octanol–water partition coefficient (Wildman–Crippen LogP) is 6.90. The number of benzene rings is 2. The molecule has 2 aromatic carbocycles. The highest BCUT2D eigenvalue weighted by atomic mass is 31.1. The Morgan fingerprint density at radius 1 is 0.724 bits per heavy atom. The Hall–Kier alpha value is -1.77. The van der Waals surface area contributed by atoms with E-state index in [1.165, 1.54) is 22.0 Å². The summed E-state index contributed by atoms with van der Waals surface area (Å²) in [4.78, 5) is 0. The summed E-state index contributed by atoms with van der Waals surface area (Å²) in [5.74, 6) is 4.22. The van der Waals surface area contributed by atoms with Gasteiger partial charge >= 0.3 is 0 Å². The van der Waals surface area contributed by atoms with Gasteiger partial charge in [0.05, 0.1) is 7.11 Å². The van der Waals surface area contributed by atoms with E-state index in [9.17, 15) is 0 Å². The Labute approximate surface area is 180 Å². The molecule has 1 atom stereocenters. The second-order valence-electron chi connectivity index (χ2n) is 10.8. The topological polar surface area (TPSA) is 9.23 Å². The van der Waals surface area contributed by atoms with Crippen LogP contribution in [0.15, 0.2) is 36.4 Å². The summed E-state index contributed by atoms with van der Waals surface area (Å²) < 4.78 is 5.24. The minimum atomic E-state index is 0.0748. The van der Waals surface area contributed by atoms with Crippen LogP contribution in [0, 0.1) is 11.6 Å². The van der Waals surface area contributed by atoms with Crippen LogP contribution in [0.1, 0.15) is 84.6 Å². The van der Waals surface area contributed by atoms with E-state index in [1.54, 1.807) is 7.11 Å². The third-order valence-electron chi connectivity index (χ3n) is 5.10. The van der Waals surface area contributed by atoms with Crippen molar-refractivity contribution in [2.45, 2.75) is 78.6 Å². The van der Waals surface area contributed by atoms with E-state index in [1.807, 2.05) is 24.3 Å². The quantitative estimate of drug-likeness (QED) is 0.388. The minimum Gasteiger partial charge on any atom is -0.497 e. The summed E-state index contributed by atoms with van der Waals surface area (Å²) in [5, 5.41) is 1.42. The average Bonchev–Trinajstić information content (AvgIpc) is 2.59. The Morgan fingerprint density at radius 3 is 1.59 bits per heavy atom. The molecule has 0 aromatic heterocycles. The van der Waals surface area contributed by atoms with Crippen LogP contribution in [0.2, 0.25) is 0 Å². The van der Waals surface area contributed by atoms with Gasteiger partial charge in [0.1, 0.15) is 5.75 Å². The molecule has 0 N–H and O–H groups in total. The van der Waals surface area contributed by atoms with Crippen LogP contribution in [0.5, 0.6) is 5.75 Å². The predicted molar refractivity (Wildman–Crippen MR) is 130 cm³/mol. The molecule has 2 heteroatoms. The summed E-state index contributed by atoms with van der Waals surface area (Å²) in [7, 11) is 2.15. The Morgan fingerprint density at radius 2 is 1.21 bits per heavy atom. The molecule has 156 valence electrons. The molecule has 0 saturated heterocycles. The molecule has 0 spiro atoms. The maximum Gasteiger partial charge on any atom is 0.118 e.